The maximum Gasteiger partial charge on any atom is 0.260 e. The van der Waals surface area contributed by atoms with Gasteiger partial charge in [-0.05, 0) is 24.6 Å². The molecular weight excluding hydrogens is 282 g/mol. The molecule has 1 aliphatic carbocycles. The maximum atomic E-state index is 12.2. The van der Waals surface area contributed by atoms with Crippen LogP contribution in [0.1, 0.15) is 20.3 Å². The number of hydrogen-bond acceptors (Lipinski definition) is 4. The first-order valence-electron chi connectivity index (χ1n) is 7.81. The van der Waals surface area contributed by atoms with Crippen molar-refractivity contribution in [2.24, 2.45) is 5.41 Å². The first-order valence-corrected chi connectivity index (χ1v) is 7.81. The van der Waals surface area contributed by atoms with Crippen LogP contribution in [-0.4, -0.2) is 50.3 Å². The Bertz CT molecular complexity index is 539. The summed E-state index contributed by atoms with van der Waals surface area (Å²) < 4.78 is 16.9. The first kappa shape index (κ1) is 15.2. The van der Waals surface area contributed by atoms with Crippen LogP contribution in [-0.2, 0) is 19.0 Å². The van der Waals surface area contributed by atoms with E-state index in [1.54, 1.807) is 4.90 Å². The number of nitrogens with zero attached hydrogens (tertiary/aromatic N) is 1. The molecule has 22 heavy (non-hydrogen) atoms. The zero-order valence-corrected chi connectivity index (χ0v) is 13.3. The van der Waals surface area contributed by atoms with Crippen molar-refractivity contribution in [2.45, 2.75) is 20.3 Å². The van der Waals surface area contributed by atoms with E-state index < -0.39 is 0 Å². The summed E-state index contributed by atoms with van der Waals surface area (Å²) in [6, 6.07) is 0. The lowest BCUT2D eigenvalue weighted by Crippen LogP contribution is -2.42. The van der Waals surface area contributed by atoms with Crippen LogP contribution in [0.15, 0.2) is 35.3 Å². The molecular formula is C17H23NO4. The zero-order valence-electron chi connectivity index (χ0n) is 13.3. The number of hydrogen-bond donors (Lipinski definition) is 0. The third-order valence-corrected chi connectivity index (χ3v) is 4.25. The van der Waals surface area contributed by atoms with Crippen LogP contribution >= 0.6 is 0 Å². The molecule has 0 radical (unpaired) electrons. The van der Waals surface area contributed by atoms with E-state index in [1.165, 1.54) is 0 Å². The van der Waals surface area contributed by atoms with Gasteiger partial charge in [-0.25, -0.2) is 0 Å². The number of rotatable bonds is 3. The summed E-state index contributed by atoms with van der Waals surface area (Å²) in [6.45, 7) is 7.49. The number of ether oxygens (including phenoxy) is 3. The summed E-state index contributed by atoms with van der Waals surface area (Å²) >= 11 is 0. The largest absolute Gasteiger partial charge is 0.493 e. The van der Waals surface area contributed by atoms with E-state index >= 15 is 0 Å². The summed E-state index contributed by atoms with van der Waals surface area (Å²) in [7, 11) is 0. The van der Waals surface area contributed by atoms with E-state index in [-0.39, 0.29) is 17.9 Å². The van der Waals surface area contributed by atoms with Crippen molar-refractivity contribution < 1.29 is 19.0 Å². The smallest absolute Gasteiger partial charge is 0.260 e. The highest BCUT2D eigenvalue weighted by molar-refractivity contribution is 5.77. The highest BCUT2D eigenvalue weighted by Crippen LogP contribution is 2.42. The molecule has 1 saturated heterocycles. The summed E-state index contributed by atoms with van der Waals surface area (Å²) in [5.74, 6) is 1.73. The molecule has 2 aliphatic heterocycles. The average Bonchev–Trinajstić information content (AvgIpc) is 2.55. The molecule has 0 bridgehead atoms. The average molecular weight is 305 g/mol. The van der Waals surface area contributed by atoms with Gasteiger partial charge in [0.1, 0.15) is 18.1 Å². The molecule has 120 valence electrons. The fourth-order valence-corrected chi connectivity index (χ4v) is 2.94. The molecule has 2 heterocycles. The minimum absolute atomic E-state index is 0.0110. The normalized spacial score (nSPS) is 23.5. The Kier molecular flexibility index (Phi) is 4.25. The Morgan fingerprint density at radius 2 is 2.14 bits per heavy atom. The van der Waals surface area contributed by atoms with Crippen molar-refractivity contribution >= 4 is 5.91 Å². The monoisotopic (exact) mass is 305 g/mol. The van der Waals surface area contributed by atoms with Crippen molar-refractivity contribution in [3.63, 3.8) is 0 Å². The van der Waals surface area contributed by atoms with E-state index in [2.05, 4.69) is 19.9 Å². The lowest BCUT2D eigenvalue weighted by atomic mass is 9.80. The Hall–Kier alpha value is -1.75. The lowest BCUT2D eigenvalue weighted by Gasteiger charge is -2.34. The molecule has 5 heteroatoms. The predicted octanol–water partition coefficient (Wildman–Crippen LogP) is 2.02. The standard InChI is InChI=1S/C17H23NO4/c1-17(2)6-5-14(13-4-3-9-21-16(13)17)22-12-15(19)18-7-10-20-11-8-18/h3-5H,6-12H2,1-2H3. The second-order valence-electron chi connectivity index (χ2n) is 6.39. The van der Waals surface area contributed by atoms with Crippen LogP contribution in [0.5, 0.6) is 0 Å². The van der Waals surface area contributed by atoms with Gasteiger partial charge in [0.25, 0.3) is 5.91 Å². The Morgan fingerprint density at radius 1 is 1.36 bits per heavy atom. The van der Waals surface area contributed by atoms with Crippen LogP contribution in [0, 0.1) is 5.41 Å². The SMILES string of the molecule is CC1(C)CC=C(OCC(=O)N2CCOCC2)C2=C1OCC=C2. The van der Waals surface area contributed by atoms with Crippen LogP contribution in [0.2, 0.25) is 0 Å². The lowest BCUT2D eigenvalue weighted by molar-refractivity contribution is -0.138. The van der Waals surface area contributed by atoms with Gasteiger partial charge in [-0.1, -0.05) is 13.8 Å². The molecule has 0 aromatic rings. The minimum atomic E-state index is -0.0266. The number of amides is 1. The van der Waals surface area contributed by atoms with E-state index in [0.717, 1.165) is 23.5 Å². The number of morpholine rings is 1. The molecule has 0 atom stereocenters. The topological polar surface area (TPSA) is 48.0 Å². The molecule has 0 spiro atoms. The molecule has 3 rings (SSSR count). The summed E-state index contributed by atoms with van der Waals surface area (Å²) in [4.78, 5) is 14.0. The van der Waals surface area contributed by atoms with Gasteiger partial charge in [-0.15, -0.1) is 0 Å². The van der Waals surface area contributed by atoms with Gasteiger partial charge in [-0.2, -0.15) is 0 Å². The van der Waals surface area contributed by atoms with Crippen LogP contribution in [0.4, 0.5) is 0 Å². The van der Waals surface area contributed by atoms with Gasteiger partial charge in [0, 0.05) is 18.5 Å². The Labute approximate surface area is 131 Å². The zero-order chi connectivity index (χ0) is 15.6. The summed E-state index contributed by atoms with van der Waals surface area (Å²) in [5, 5.41) is 0. The van der Waals surface area contributed by atoms with E-state index in [9.17, 15) is 4.79 Å². The highest BCUT2D eigenvalue weighted by atomic mass is 16.5. The van der Waals surface area contributed by atoms with Gasteiger partial charge in [0.05, 0.1) is 18.8 Å². The molecule has 1 fully saturated rings. The van der Waals surface area contributed by atoms with Crippen molar-refractivity contribution in [3.8, 4) is 0 Å². The molecule has 0 N–H and O–H groups in total. The number of allylic oxidation sites excluding steroid dienone is 3. The molecule has 0 unspecified atom stereocenters. The quantitative estimate of drug-likeness (QED) is 0.800. The molecule has 1 amide bonds. The van der Waals surface area contributed by atoms with Crippen molar-refractivity contribution in [3.05, 3.63) is 35.3 Å². The van der Waals surface area contributed by atoms with Crippen LogP contribution < -0.4 is 0 Å². The second-order valence-corrected chi connectivity index (χ2v) is 6.39. The molecule has 5 nitrogen and oxygen atoms in total. The molecule has 0 aromatic heterocycles. The van der Waals surface area contributed by atoms with Gasteiger partial charge < -0.3 is 19.1 Å². The van der Waals surface area contributed by atoms with Crippen molar-refractivity contribution in [1.82, 2.24) is 4.90 Å². The molecule has 3 aliphatic rings. The number of carbonyl (C=O) groups is 1. The fourth-order valence-electron chi connectivity index (χ4n) is 2.94. The minimum Gasteiger partial charge on any atom is -0.493 e. The van der Waals surface area contributed by atoms with E-state index in [4.69, 9.17) is 14.2 Å². The molecule has 0 aromatic carbocycles. The van der Waals surface area contributed by atoms with Crippen LogP contribution in [0.3, 0.4) is 0 Å². The van der Waals surface area contributed by atoms with Crippen molar-refractivity contribution in [1.29, 1.82) is 0 Å². The Morgan fingerprint density at radius 3 is 2.91 bits per heavy atom. The highest BCUT2D eigenvalue weighted by Gasteiger charge is 2.33. The Balaban J connectivity index is 1.65. The maximum absolute atomic E-state index is 12.2. The van der Waals surface area contributed by atoms with Gasteiger partial charge in [-0.3, -0.25) is 4.79 Å². The van der Waals surface area contributed by atoms with Gasteiger partial charge in [0.2, 0.25) is 0 Å². The fraction of sp³-hybridized carbons (Fsp3) is 0.588. The first-order chi connectivity index (χ1) is 10.6. The van der Waals surface area contributed by atoms with Gasteiger partial charge >= 0.3 is 0 Å². The van der Waals surface area contributed by atoms with Crippen LogP contribution in [0.25, 0.3) is 0 Å². The third kappa shape index (κ3) is 3.04. The van der Waals surface area contributed by atoms with Gasteiger partial charge in [0.15, 0.2) is 6.61 Å². The van der Waals surface area contributed by atoms with E-state index in [0.29, 0.717) is 32.9 Å². The number of carbonyl (C=O) groups excluding carboxylic acids is 1. The van der Waals surface area contributed by atoms with Crippen molar-refractivity contribution in [2.75, 3.05) is 39.5 Å². The predicted molar refractivity (Wildman–Crippen MR) is 82.0 cm³/mol. The molecule has 0 saturated carbocycles. The summed E-state index contributed by atoms with van der Waals surface area (Å²) in [5.41, 5.74) is 0.943. The van der Waals surface area contributed by atoms with E-state index in [1.807, 2.05) is 12.2 Å². The summed E-state index contributed by atoms with van der Waals surface area (Å²) in [6.07, 6.45) is 6.91. The second kappa shape index (κ2) is 6.16. The third-order valence-electron chi connectivity index (χ3n) is 4.25.